The monoisotopic (exact) mass is 489 g/mol. The minimum atomic E-state index is -0.244. The second-order valence-corrected chi connectivity index (χ2v) is 10.9. The fraction of sp³-hybridized carbons (Fsp3) is 0.483. The maximum atomic E-state index is 12.8. The number of carbonyl (C=O) groups is 2. The summed E-state index contributed by atoms with van der Waals surface area (Å²) < 4.78 is 10.5. The zero-order chi connectivity index (χ0) is 25.3. The summed E-state index contributed by atoms with van der Waals surface area (Å²) in [4.78, 5) is 25.4. The SMILES string of the molecule is COc1ccc(C(=O)Nc2ccc(C(C)=NNC(=O)CC34CC5CC(CC(C5)C3)C4)cc2)cc1OC. The molecule has 4 saturated carbocycles. The average Bonchev–Trinajstić information content (AvgIpc) is 2.86. The molecule has 0 spiro atoms. The molecule has 0 heterocycles. The molecule has 4 aliphatic rings. The van der Waals surface area contributed by atoms with Crippen molar-refractivity contribution in [2.45, 2.75) is 51.9 Å². The van der Waals surface area contributed by atoms with Crippen molar-refractivity contribution in [1.82, 2.24) is 5.43 Å². The van der Waals surface area contributed by atoms with Gasteiger partial charge in [0.2, 0.25) is 5.91 Å². The minimum Gasteiger partial charge on any atom is -0.493 e. The number of nitrogens with one attached hydrogen (secondary N) is 2. The summed E-state index contributed by atoms with van der Waals surface area (Å²) in [5, 5.41) is 7.26. The zero-order valence-corrected chi connectivity index (χ0v) is 21.3. The molecule has 4 aliphatic carbocycles. The summed E-state index contributed by atoms with van der Waals surface area (Å²) in [5.74, 6) is 3.34. The standard InChI is InChI=1S/C29H35N3O4/c1-18(31-32-27(33)17-29-14-19-10-20(15-29)12-21(11-19)16-29)22-4-7-24(8-5-22)30-28(34)23-6-9-25(35-2)26(13-23)36-3/h4-9,13,19-21H,10-12,14-17H2,1-3H3,(H,30,34)(H,32,33). The first-order chi connectivity index (χ1) is 17.4. The van der Waals surface area contributed by atoms with Crippen LogP contribution in [-0.4, -0.2) is 31.7 Å². The highest BCUT2D eigenvalue weighted by Crippen LogP contribution is 2.61. The van der Waals surface area contributed by atoms with Crippen molar-refractivity contribution in [2.75, 3.05) is 19.5 Å². The van der Waals surface area contributed by atoms with E-state index in [1.165, 1.54) is 45.6 Å². The highest BCUT2D eigenvalue weighted by atomic mass is 16.5. The van der Waals surface area contributed by atoms with Gasteiger partial charge in [0, 0.05) is 17.7 Å². The quantitative estimate of drug-likeness (QED) is 0.384. The van der Waals surface area contributed by atoms with E-state index >= 15 is 0 Å². The van der Waals surface area contributed by atoms with Crippen LogP contribution in [0.25, 0.3) is 0 Å². The number of benzene rings is 2. The Morgan fingerprint density at radius 1 is 0.889 bits per heavy atom. The molecular formula is C29H35N3O4. The molecule has 7 nitrogen and oxygen atoms in total. The lowest BCUT2D eigenvalue weighted by Gasteiger charge is -2.56. The van der Waals surface area contributed by atoms with Crippen LogP contribution in [0, 0.1) is 23.2 Å². The van der Waals surface area contributed by atoms with E-state index < -0.39 is 0 Å². The molecule has 4 bridgehead atoms. The van der Waals surface area contributed by atoms with Crippen LogP contribution in [0.2, 0.25) is 0 Å². The van der Waals surface area contributed by atoms with E-state index in [-0.39, 0.29) is 17.2 Å². The van der Waals surface area contributed by atoms with Crippen LogP contribution in [-0.2, 0) is 4.79 Å². The van der Waals surface area contributed by atoms with Crippen molar-refractivity contribution in [3.05, 3.63) is 53.6 Å². The Kier molecular flexibility index (Phi) is 6.73. The Balaban J connectivity index is 1.16. The molecule has 6 rings (SSSR count). The maximum Gasteiger partial charge on any atom is 0.255 e. The summed E-state index contributed by atoms with van der Waals surface area (Å²) in [7, 11) is 3.09. The second-order valence-electron chi connectivity index (χ2n) is 10.9. The van der Waals surface area contributed by atoms with Gasteiger partial charge in [0.05, 0.1) is 19.9 Å². The zero-order valence-electron chi connectivity index (χ0n) is 21.3. The Labute approximate surface area is 212 Å². The lowest BCUT2D eigenvalue weighted by atomic mass is 9.49. The number of hydrazone groups is 1. The molecule has 7 heteroatoms. The lowest BCUT2D eigenvalue weighted by Crippen LogP contribution is -2.47. The predicted octanol–water partition coefficient (Wildman–Crippen LogP) is 5.40. The van der Waals surface area contributed by atoms with Gasteiger partial charge in [-0.3, -0.25) is 9.59 Å². The smallest absolute Gasteiger partial charge is 0.255 e. The number of hydrogen-bond donors (Lipinski definition) is 2. The number of hydrogen-bond acceptors (Lipinski definition) is 5. The van der Waals surface area contributed by atoms with Gasteiger partial charge in [0.15, 0.2) is 11.5 Å². The van der Waals surface area contributed by atoms with Gasteiger partial charge in [-0.1, -0.05) is 12.1 Å². The Bertz CT molecular complexity index is 1140. The third-order valence-corrected chi connectivity index (χ3v) is 8.26. The fourth-order valence-electron chi connectivity index (χ4n) is 7.07. The van der Waals surface area contributed by atoms with Crippen molar-refractivity contribution in [3.8, 4) is 11.5 Å². The van der Waals surface area contributed by atoms with Crippen molar-refractivity contribution < 1.29 is 19.1 Å². The first-order valence-electron chi connectivity index (χ1n) is 12.8. The van der Waals surface area contributed by atoms with Crippen LogP contribution in [0.5, 0.6) is 11.5 Å². The van der Waals surface area contributed by atoms with Crippen molar-refractivity contribution in [1.29, 1.82) is 0 Å². The highest BCUT2D eigenvalue weighted by molar-refractivity contribution is 6.05. The summed E-state index contributed by atoms with van der Waals surface area (Å²) in [6, 6.07) is 12.4. The molecule has 0 aromatic heterocycles. The number of ether oxygens (including phenoxy) is 2. The largest absolute Gasteiger partial charge is 0.493 e. The Morgan fingerprint density at radius 3 is 2.06 bits per heavy atom. The third kappa shape index (κ3) is 5.11. The Morgan fingerprint density at radius 2 is 1.47 bits per heavy atom. The first-order valence-corrected chi connectivity index (χ1v) is 12.8. The van der Waals surface area contributed by atoms with E-state index in [0.717, 1.165) is 29.0 Å². The number of anilines is 1. The van der Waals surface area contributed by atoms with E-state index in [2.05, 4.69) is 15.8 Å². The number of nitrogens with zero attached hydrogens (tertiary/aromatic N) is 1. The molecule has 4 fully saturated rings. The van der Waals surface area contributed by atoms with Crippen molar-refractivity contribution in [3.63, 3.8) is 0 Å². The van der Waals surface area contributed by atoms with Crippen LogP contribution in [0.1, 0.15) is 67.8 Å². The highest BCUT2D eigenvalue weighted by Gasteiger charge is 2.51. The minimum absolute atomic E-state index is 0.0232. The summed E-state index contributed by atoms with van der Waals surface area (Å²) >= 11 is 0. The predicted molar refractivity (Wildman–Crippen MR) is 140 cm³/mol. The van der Waals surface area contributed by atoms with Crippen LogP contribution >= 0.6 is 0 Å². The van der Waals surface area contributed by atoms with Crippen molar-refractivity contribution >= 4 is 23.2 Å². The van der Waals surface area contributed by atoms with Crippen LogP contribution < -0.4 is 20.2 Å². The molecule has 36 heavy (non-hydrogen) atoms. The maximum absolute atomic E-state index is 12.8. The van der Waals surface area contributed by atoms with Gasteiger partial charge in [0.25, 0.3) is 5.91 Å². The molecule has 2 aromatic rings. The third-order valence-electron chi connectivity index (χ3n) is 8.26. The number of methoxy groups -OCH3 is 2. The van der Waals surface area contributed by atoms with Gasteiger partial charge in [-0.15, -0.1) is 0 Å². The van der Waals surface area contributed by atoms with E-state index in [1.54, 1.807) is 25.3 Å². The second kappa shape index (κ2) is 9.96. The number of rotatable bonds is 8. The van der Waals surface area contributed by atoms with Crippen LogP contribution in [0.15, 0.2) is 47.6 Å². The fourth-order valence-corrected chi connectivity index (χ4v) is 7.07. The van der Waals surface area contributed by atoms with Gasteiger partial charge in [-0.2, -0.15) is 5.10 Å². The van der Waals surface area contributed by atoms with E-state index in [1.807, 2.05) is 31.2 Å². The Hall–Kier alpha value is -3.35. The molecule has 190 valence electrons. The molecule has 0 aliphatic heterocycles. The topological polar surface area (TPSA) is 89.0 Å². The molecule has 0 saturated heterocycles. The average molecular weight is 490 g/mol. The van der Waals surface area contributed by atoms with Crippen LogP contribution in [0.4, 0.5) is 5.69 Å². The lowest BCUT2D eigenvalue weighted by molar-refractivity contribution is -0.129. The normalized spacial score (nSPS) is 26.4. The van der Waals surface area contributed by atoms with Gasteiger partial charge in [-0.25, -0.2) is 5.43 Å². The number of amides is 2. The summed E-state index contributed by atoms with van der Waals surface area (Å²) in [6.07, 6.45) is 8.37. The van der Waals surface area contributed by atoms with E-state index in [4.69, 9.17) is 9.47 Å². The molecule has 2 N–H and O–H groups in total. The molecule has 2 aromatic carbocycles. The van der Waals surface area contributed by atoms with E-state index in [0.29, 0.717) is 29.2 Å². The molecule has 2 amide bonds. The molecule has 0 atom stereocenters. The van der Waals surface area contributed by atoms with E-state index in [9.17, 15) is 9.59 Å². The van der Waals surface area contributed by atoms with Gasteiger partial charge < -0.3 is 14.8 Å². The first kappa shape index (κ1) is 24.3. The van der Waals surface area contributed by atoms with Gasteiger partial charge in [0.1, 0.15) is 0 Å². The summed E-state index contributed by atoms with van der Waals surface area (Å²) in [6.45, 7) is 1.88. The number of carbonyl (C=O) groups excluding carboxylic acids is 2. The summed E-state index contributed by atoms with van der Waals surface area (Å²) in [5.41, 5.74) is 5.75. The van der Waals surface area contributed by atoms with Gasteiger partial charge in [-0.05, 0) is 105 Å². The van der Waals surface area contributed by atoms with Crippen molar-refractivity contribution in [2.24, 2.45) is 28.3 Å². The molecule has 0 unspecified atom stereocenters. The van der Waals surface area contributed by atoms with Crippen LogP contribution in [0.3, 0.4) is 0 Å². The molecule has 0 radical (unpaired) electrons. The molecular weight excluding hydrogens is 454 g/mol. The van der Waals surface area contributed by atoms with Gasteiger partial charge >= 0.3 is 0 Å².